The van der Waals surface area contributed by atoms with Gasteiger partial charge < -0.3 is 15.4 Å². The highest BCUT2D eigenvalue weighted by atomic mass is 16.5. The van der Waals surface area contributed by atoms with E-state index in [2.05, 4.69) is 0 Å². The first-order valence-electron chi connectivity index (χ1n) is 6.83. The Morgan fingerprint density at radius 2 is 2.24 bits per heavy atom. The number of carbonyl (C=O) groups is 1. The average Bonchev–Trinajstić information content (AvgIpc) is 2.70. The molecule has 1 aliphatic heterocycles. The van der Waals surface area contributed by atoms with Crippen LogP contribution in [0.3, 0.4) is 0 Å². The van der Waals surface area contributed by atoms with Gasteiger partial charge in [0.15, 0.2) is 0 Å². The molecule has 3 unspecified atom stereocenters. The molecular weight excluding hydrogens is 216 g/mol. The van der Waals surface area contributed by atoms with E-state index in [9.17, 15) is 4.79 Å². The topological polar surface area (TPSA) is 55.6 Å². The van der Waals surface area contributed by atoms with Crippen molar-refractivity contribution >= 4 is 5.91 Å². The molecule has 2 rings (SSSR count). The predicted octanol–water partition coefficient (Wildman–Crippen LogP) is 0.999. The Morgan fingerprint density at radius 1 is 1.41 bits per heavy atom. The fourth-order valence-electron chi connectivity index (χ4n) is 3.07. The van der Waals surface area contributed by atoms with E-state index in [-0.39, 0.29) is 12.0 Å². The second-order valence-electron chi connectivity index (χ2n) is 5.35. The molecule has 17 heavy (non-hydrogen) atoms. The SMILES string of the molecule is CC1CN(C(=O)C2CCCC2CN)CCCO1. The van der Waals surface area contributed by atoms with Gasteiger partial charge >= 0.3 is 0 Å². The minimum Gasteiger partial charge on any atom is -0.377 e. The zero-order valence-electron chi connectivity index (χ0n) is 10.7. The van der Waals surface area contributed by atoms with Gasteiger partial charge in [-0.05, 0) is 38.6 Å². The van der Waals surface area contributed by atoms with Gasteiger partial charge in [0, 0.05) is 25.6 Å². The van der Waals surface area contributed by atoms with E-state index in [0.717, 1.165) is 45.4 Å². The Balaban J connectivity index is 1.97. The third kappa shape index (κ3) is 2.99. The van der Waals surface area contributed by atoms with Crippen LogP contribution in [0.5, 0.6) is 0 Å². The second-order valence-corrected chi connectivity index (χ2v) is 5.35. The van der Waals surface area contributed by atoms with Gasteiger partial charge in [-0.3, -0.25) is 4.79 Å². The molecule has 1 aliphatic carbocycles. The van der Waals surface area contributed by atoms with Crippen molar-refractivity contribution in [2.45, 2.75) is 38.7 Å². The summed E-state index contributed by atoms with van der Waals surface area (Å²) in [5, 5.41) is 0. The van der Waals surface area contributed by atoms with E-state index < -0.39 is 0 Å². The summed E-state index contributed by atoms with van der Waals surface area (Å²) >= 11 is 0. The Bertz CT molecular complexity index is 270. The van der Waals surface area contributed by atoms with Crippen LogP contribution in [-0.4, -0.2) is 43.2 Å². The maximum absolute atomic E-state index is 12.5. The number of ether oxygens (including phenoxy) is 1. The van der Waals surface area contributed by atoms with Crippen molar-refractivity contribution < 1.29 is 9.53 Å². The van der Waals surface area contributed by atoms with Crippen LogP contribution in [0.15, 0.2) is 0 Å². The number of amides is 1. The summed E-state index contributed by atoms with van der Waals surface area (Å²) in [5.74, 6) is 0.891. The molecule has 0 spiro atoms. The summed E-state index contributed by atoms with van der Waals surface area (Å²) in [6, 6.07) is 0. The summed E-state index contributed by atoms with van der Waals surface area (Å²) in [6.45, 7) is 5.05. The minimum absolute atomic E-state index is 0.166. The number of nitrogens with zero attached hydrogens (tertiary/aromatic N) is 1. The maximum Gasteiger partial charge on any atom is 0.226 e. The molecule has 0 aromatic rings. The normalized spacial score (nSPS) is 34.7. The molecule has 0 aromatic carbocycles. The first kappa shape index (κ1) is 12.8. The Labute approximate surface area is 103 Å². The lowest BCUT2D eigenvalue weighted by molar-refractivity contribution is -0.137. The number of nitrogens with two attached hydrogens (primary N) is 1. The van der Waals surface area contributed by atoms with Crippen molar-refractivity contribution in [3.05, 3.63) is 0 Å². The maximum atomic E-state index is 12.5. The molecule has 0 bridgehead atoms. The molecule has 1 saturated heterocycles. The van der Waals surface area contributed by atoms with Crippen LogP contribution in [-0.2, 0) is 9.53 Å². The van der Waals surface area contributed by atoms with Crippen molar-refractivity contribution in [1.82, 2.24) is 4.90 Å². The van der Waals surface area contributed by atoms with E-state index in [1.54, 1.807) is 0 Å². The van der Waals surface area contributed by atoms with Crippen LogP contribution in [0.25, 0.3) is 0 Å². The van der Waals surface area contributed by atoms with Crippen LogP contribution in [0.1, 0.15) is 32.6 Å². The summed E-state index contributed by atoms with van der Waals surface area (Å²) in [6.07, 6.45) is 4.41. The second kappa shape index (κ2) is 5.83. The van der Waals surface area contributed by atoms with E-state index >= 15 is 0 Å². The number of hydrogen-bond donors (Lipinski definition) is 1. The zero-order valence-corrected chi connectivity index (χ0v) is 10.7. The molecule has 98 valence electrons. The zero-order chi connectivity index (χ0) is 12.3. The van der Waals surface area contributed by atoms with Gasteiger partial charge in [-0.1, -0.05) is 6.42 Å². The van der Waals surface area contributed by atoms with Gasteiger partial charge in [0.05, 0.1) is 6.10 Å². The average molecular weight is 240 g/mol. The van der Waals surface area contributed by atoms with Crippen LogP contribution >= 0.6 is 0 Å². The van der Waals surface area contributed by atoms with Gasteiger partial charge in [-0.15, -0.1) is 0 Å². The fraction of sp³-hybridized carbons (Fsp3) is 0.923. The Hall–Kier alpha value is -0.610. The van der Waals surface area contributed by atoms with E-state index in [0.29, 0.717) is 18.4 Å². The quantitative estimate of drug-likeness (QED) is 0.783. The molecule has 0 radical (unpaired) electrons. The molecule has 1 amide bonds. The third-order valence-corrected chi connectivity index (χ3v) is 4.04. The number of carbonyl (C=O) groups excluding carboxylic acids is 1. The monoisotopic (exact) mass is 240 g/mol. The summed E-state index contributed by atoms with van der Waals surface area (Å²) in [5.41, 5.74) is 5.75. The van der Waals surface area contributed by atoms with E-state index in [1.807, 2.05) is 11.8 Å². The number of hydrogen-bond acceptors (Lipinski definition) is 3. The molecule has 3 atom stereocenters. The molecular formula is C13H24N2O2. The molecule has 2 aliphatic rings. The van der Waals surface area contributed by atoms with Crippen LogP contribution in [0, 0.1) is 11.8 Å². The largest absolute Gasteiger partial charge is 0.377 e. The van der Waals surface area contributed by atoms with Crippen molar-refractivity contribution in [2.24, 2.45) is 17.6 Å². The van der Waals surface area contributed by atoms with E-state index in [4.69, 9.17) is 10.5 Å². The van der Waals surface area contributed by atoms with E-state index in [1.165, 1.54) is 0 Å². The van der Waals surface area contributed by atoms with Gasteiger partial charge in [0.25, 0.3) is 0 Å². The highest BCUT2D eigenvalue weighted by molar-refractivity contribution is 5.79. The molecule has 4 nitrogen and oxygen atoms in total. The first-order chi connectivity index (χ1) is 8.22. The van der Waals surface area contributed by atoms with Crippen molar-refractivity contribution in [1.29, 1.82) is 0 Å². The predicted molar refractivity (Wildman–Crippen MR) is 66.5 cm³/mol. The van der Waals surface area contributed by atoms with Gasteiger partial charge in [-0.25, -0.2) is 0 Å². The molecule has 0 aromatic heterocycles. The van der Waals surface area contributed by atoms with Crippen LogP contribution in [0.2, 0.25) is 0 Å². The molecule has 1 saturated carbocycles. The third-order valence-electron chi connectivity index (χ3n) is 4.04. The Kier molecular flexibility index (Phi) is 4.40. The first-order valence-corrected chi connectivity index (χ1v) is 6.83. The Morgan fingerprint density at radius 3 is 3.00 bits per heavy atom. The van der Waals surface area contributed by atoms with Crippen molar-refractivity contribution in [2.75, 3.05) is 26.2 Å². The standard InChI is InChI=1S/C13H24N2O2/c1-10-9-15(6-3-7-17-10)13(16)12-5-2-4-11(12)8-14/h10-12H,2-9,14H2,1H3. The van der Waals surface area contributed by atoms with Crippen LogP contribution in [0.4, 0.5) is 0 Å². The van der Waals surface area contributed by atoms with Gasteiger partial charge in [0.2, 0.25) is 5.91 Å². The summed E-state index contributed by atoms with van der Waals surface area (Å²) < 4.78 is 5.58. The lowest BCUT2D eigenvalue weighted by Crippen LogP contribution is -2.41. The molecule has 4 heteroatoms. The van der Waals surface area contributed by atoms with Crippen LogP contribution < -0.4 is 5.73 Å². The van der Waals surface area contributed by atoms with Crippen molar-refractivity contribution in [3.8, 4) is 0 Å². The smallest absolute Gasteiger partial charge is 0.226 e. The van der Waals surface area contributed by atoms with Gasteiger partial charge in [-0.2, -0.15) is 0 Å². The minimum atomic E-state index is 0.166. The van der Waals surface area contributed by atoms with Gasteiger partial charge in [0.1, 0.15) is 0 Å². The molecule has 2 N–H and O–H groups in total. The highest BCUT2D eigenvalue weighted by Gasteiger charge is 2.35. The number of rotatable bonds is 2. The fourth-order valence-corrected chi connectivity index (χ4v) is 3.07. The lowest BCUT2D eigenvalue weighted by atomic mass is 9.94. The highest BCUT2D eigenvalue weighted by Crippen LogP contribution is 2.32. The summed E-state index contributed by atoms with van der Waals surface area (Å²) in [7, 11) is 0. The van der Waals surface area contributed by atoms with Crippen molar-refractivity contribution in [3.63, 3.8) is 0 Å². The molecule has 2 fully saturated rings. The lowest BCUT2D eigenvalue weighted by Gasteiger charge is -2.27. The summed E-state index contributed by atoms with van der Waals surface area (Å²) in [4.78, 5) is 14.5. The molecule has 1 heterocycles.